The first-order valence-corrected chi connectivity index (χ1v) is 7.91. The molecule has 0 N–H and O–H groups in total. The van der Waals surface area contributed by atoms with Crippen LogP contribution in [0.25, 0.3) is 0 Å². The van der Waals surface area contributed by atoms with Crippen LogP contribution in [-0.4, -0.2) is 55.6 Å². The standard InChI is InChI=1S/C12H22FNO5S/c1-11(2,3)19-10(15)14-6-9(7-20(13,16)17)18-12(4,5)8-14/h9H,6-8H2,1-5H3/t9-/m1/s1. The Morgan fingerprint density at radius 3 is 2.45 bits per heavy atom. The number of nitrogens with zero attached hydrogens (tertiary/aromatic N) is 1. The van der Waals surface area contributed by atoms with Crippen molar-refractivity contribution in [3.8, 4) is 0 Å². The summed E-state index contributed by atoms with van der Waals surface area (Å²) in [4.78, 5) is 13.4. The Morgan fingerprint density at radius 1 is 1.45 bits per heavy atom. The first kappa shape index (κ1) is 17.2. The van der Waals surface area contributed by atoms with Crippen LogP contribution in [0.5, 0.6) is 0 Å². The molecule has 1 aliphatic rings. The molecule has 20 heavy (non-hydrogen) atoms. The summed E-state index contributed by atoms with van der Waals surface area (Å²) >= 11 is 0. The van der Waals surface area contributed by atoms with Gasteiger partial charge in [0.2, 0.25) is 0 Å². The molecule has 1 fully saturated rings. The Bertz CT molecular complexity index is 469. The zero-order valence-electron chi connectivity index (χ0n) is 12.5. The highest BCUT2D eigenvalue weighted by molar-refractivity contribution is 7.86. The molecule has 0 spiro atoms. The first-order valence-electron chi connectivity index (χ1n) is 6.35. The van der Waals surface area contributed by atoms with E-state index < -0.39 is 39.4 Å². The summed E-state index contributed by atoms with van der Waals surface area (Å²) < 4.78 is 45.0. The van der Waals surface area contributed by atoms with Gasteiger partial charge in [-0.1, -0.05) is 0 Å². The van der Waals surface area contributed by atoms with E-state index in [1.54, 1.807) is 34.6 Å². The number of hydrogen-bond acceptors (Lipinski definition) is 5. The molecule has 0 aromatic rings. The van der Waals surface area contributed by atoms with E-state index in [0.717, 1.165) is 0 Å². The van der Waals surface area contributed by atoms with Crippen molar-refractivity contribution in [3.05, 3.63) is 0 Å². The van der Waals surface area contributed by atoms with Crippen molar-refractivity contribution in [3.63, 3.8) is 0 Å². The van der Waals surface area contributed by atoms with Crippen molar-refractivity contribution in [1.82, 2.24) is 4.90 Å². The van der Waals surface area contributed by atoms with Crippen LogP contribution in [0.2, 0.25) is 0 Å². The van der Waals surface area contributed by atoms with Crippen LogP contribution < -0.4 is 0 Å². The van der Waals surface area contributed by atoms with Crippen LogP contribution in [0, 0.1) is 0 Å². The van der Waals surface area contributed by atoms with Gasteiger partial charge in [0.05, 0.1) is 24.8 Å². The fraction of sp³-hybridized carbons (Fsp3) is 0.917. The molecule has 0 radical (unpaired) electrons. The van der Waals surface area contributed by atoms with Crippen LogP contribution >= 0.6 is 0 Å². The van der Waals surface area contributed by atoms with Gasteiger partial charge in [-0.05, 0) is 34.6 Å². The third-order valence-corrected chi connectivity index (χ3v) is 3.29. The fourth-order valence-corrected chi connectivity index (χ4v) is 2.69. The number of carbonyl (C=O) groups excluding carboxylic acids is 1. The lowest BCUT2D eigenvalue weighted by molar-refractivity contribution is -0.125. The summed E-state index contributed by atoms with van der Waals surface area (Å²) in [7, 11) is -4.66. The van der Waals surface area contributed by atoms with Crippen molar-refractivity contribution >= 4 is 16.3 Å². The van der Waals surface area contributed by atoms with Gasteiger partial charge in [0.15, 0.2) is 0 Å². The lowest BCUT2D eigenvalue weighted by Gasteiger charge is -2.42. The van der Waals surface area contributed by atoms with Gasteiger partial charge >= 0.3 is 16.3 Å². The Morgan fingerprint density at radius 2 is 2.00 bits per heavy atom. The lowest BCUT2D eigenvalue weighted by Crippen LogP contribution is -2.56. The third kappa shape index (κ3) is 6.04. The van der Waals surface area contributed by atoms with E-state index in [1.807, 2.05) is 0 Å². The van der Waals surface area contributed by atoms with Crippen molar-refractivity contribution in [2.24, 2.45) is 0 Å². The molecule has 1 saturated heterocycles. The number of halogens is 1. The molecule has 1 aliphatic heterocycles. The maximum atomic E-state index is 12.8. The normalized spacial score (nSPS) is 23.5. The summed E-state index contributed by atoms with van der Waals surface area (Å²) in [5, 5.41) is 0. The van der Waals surface area contributed by atoms with Gasteiger partial charge in [-0.2, -0.15) is 8.42 Å². The Kier molecular flexibility index (Phi) is 4.70. The molecule has 1 rings (SSSR count). The topological polar surface area (TPSA) is 72.9 Å². The van der Waals surface area contributed by atoms with Gasteiger partial charge in [0.1, 0.15) is 11.4 Å². The van der Waals surface area contributed by atoms with Crippen LogP contribution in [-0.2, 0) is 19.7 Å². The number of morpholine rings is 1. The van der Waals surface area contributed by atoms with Crippen molar-refractivity contribution in [2.45, 2.75) is 51.9 Å². The quantitative estimate of drug-likeness (QED) is 0.726. The monoisotopic (exact) mass is 311 g/mol. The lowest BCUT2D eigenvalue weighted by atomic mass is 10.1. The summed E-state index contributed by atoms with van der Waals surface area (Å²) in [6, 6.07) is 0. The van der Waals surface area contributed by atoms with Gasteiger partial charge in [-0.25, -0.2) is 4.79 Å². The van der Waals surface area contributed by atoms with Crippen molar-refractivity contribution in [1.29, 1.82) is 0 Å². The van der Waals surface area contributed by atoms with E-state index in [-0.39, 0.29) is 13.1 Å². The molecule has 1 heterocycles. The van der Waals surface area contributed by atoms with Crippen LogP contribution in [0.4, 0.5) is 8.68 Å². The predicted molar refractivity (Wildman–Crippen MR) is 71.7 cm³/mol. The van der Waals surface area contributed by atoms with E-state index in [2.05, 4.69) is 0 Å². The number of rotatable bonds is 2. The van der Waals surface area contributed by atoms with E-state index in [4.69, 9.17) is 9.47 Å². The molecule has 118 valence electrons. The zero-order chi connectivity index (χ0) is 15.8. The molecule has 0 unspecified atom stereocenters. The maximum Gasteiger partial charge on any atom is 0.410 e. The molecular weight excluding hydrogens is 289 g/mol. The largest absolute Gasteiger partial charge is 0.444 e. The number of carbonyl (C=O) groups is 1. The average molecular weight is 311 g/mol. The molecule has 0 saturated carbocycles. The number of ether oxygens (including phenoxy) is 2. The molecule has 1 amide bonds. The third-order valence-electron chi connectivity index (χ3n) is 2.52. The summed E-state index contributed by atoms with van der Waals surface area (Å²) in [5.74, 6) is -0.768. The molecule has 8 heteroatoms. The van der Waals surface area contributed by atoms with E-state index in [1.165, 1.54) is 4.90 Å². The highest BCUT2D eigenvalue weighted by Gasteiger charge is 2.39. The molecule has 0 aromatic carbocycles. The molecule has 0 aliphatic carbocycles. The molecule has 0 bridgehead atoms. The minimum Gasteiger partial charge on any atom is -0.444 e. The summed E-state index contributed by atoms with van der Waals surface area (Å²) in [5.41, 5.74) is -1.41. The fourth-order valence-electron chi connectivity index (χ4n) is 2.07. The maximum absolute atomic E-state index is 12.8. The highest BCUT2D eigenvalue weighted by Crippen LogP contribution is 2.24. The second kappa shape index (κ2) is 5.48. The minimum atomic E-state index is -4.66. The highest BCUT2D eigenvalue weighted by atomic mass is 32.3. The number of hydrogen-bond donors (Lipinski definition) is 0. The van der Waals surface area contributed by atoms with E-state index in [9.17, 15) is 17.1 Å². The molecular formula is C12H22FNO5S. The van der Waals surface area contributed by atoms with Crippen LogP contribution in [0.15, 0.2) is 0 Å². The average Bonchev–Trinajstić information content (AvgIpc) is 2.08. The molecule has 0 aromatic heterocycles. The van der Waals surface area contributed by atoms with E-state index in [0.29, 0.717) is 0 Å². The SMILES string of the molecule is CC(C)(C)OC(=O)N1C[C@H](CS(=O)(=O)F)OC(C)(C)C1. The first-order chi connectivity index (χ1) is 8.77. The number of amides is 1. The van der Waals surface area contributed by atoms with E-state index >= 15 is 0 Å². The minimum absolute atomic E-state index is 0.0124. The van der Waals surface area contributed by atoms with Crippen molar-refractivity contribution < 1.29 is 26.6 Å². The van der Waals surface area contributed by atoms with Gasteiger partial charge in [0, 0.05) is 0 Å². The van der Waals surface area contributed by atoms with Gasteiger partial charge in [-0.3, -0.25) is 0 Å². The van der Waals surface area contributed by atoms with Gasteiger partial charge < -0.3 is 14.4 Å². The summed E-state index contributed by atoms with van der Waals surface area (Å²) in [6.45, 7) is 8.87. The Hall–Kier alpha value is -0.890. The second-order valence-corrected chi connectivity index (χ2v) is 7.98. The summed E-state index contributed by atoms with van der Waals surface area (Å²) in [6.07, 6.45) is -1.46. The Balaban J connectivity index is 2.80. The van der Waals surface area contributed by atoms with Gasteiger partial charge in [-0.15, -0.1) is 3.89 Å². The van der Waals surface area contributed by atoms with Crippen molar-refractivity contribution in [2.75, 3.05) is 18.8 Å². The Labute approximate surface area is 119 Å². The zero-order valence-corrected chi connectivity index (χ0v) is 13.3. The smallest absolute Gasteiger partial charge is 0.410 e. The van der Waals surface area contributed by atoms with Crippen LogP contribution in [0.3, 0.4) is 0 Å². The molecule has 1 atom stereocenters. The second-order valence-electron chi connectivity index (χ2n) is 6.57. The molecule has 6 nitrogen and oxygen atoms in total. The predicted octanol–water partition coefficient (Wildman–Crippen LogP) is 1.70. The van der Waals surface area contributed by atoms with Crippen LogP contribution in [0.1, 0.15) is 34.6 Å². The van der Waals surface area contributed by atoms with Gasteiger partial charge in [0.25, 0.3) is 0 Å².